The van der Waals surface area contributed by atoms with Crippen LogP contribution in [0.4, 0.5) is 5.13 Å². The minimum atomic E-state index is -0.173. The number of aryl methyl sites for hydroxylation is 1. The minimum Gasteiger partial charge on any atom is -0.493 e. The van der Waals surface area contributed by atoms with Gasteiger partial charge in [-0.05, 0) is 43.5 Å². The summed E-state index contributed by atoms with van der Waals surface area (Å²) in [5, 5.41) is 0.666. The van der Waals surface area contributed by atoms with E-state index in [1.165, 1.54) is 11.3 Å². The molecular formula is C22H24N2O4S. The number of fused-ring (bicyclic) bond motifs is 1. The highest BCUT2D eigenvalue weighted by Crippen LogP contribution is 2.36. The number of thiazole rings is 1. The Morgan fingerprint density at radius 2 is 2.07 bits per heavy atom. The van der Waals surface area contributed by atoms with Crippen LogP contribution in [0.1, 0.15) is 28.8 Å². The lowest BCUT2D eigenvalue weighted by atomic mass is 10.1. The Kier molecular flexibility index (Phi) is 5.69. The van der Waals surface area contributed by atoms with Crippen molar-refractivity contribution in [1.82, 2.24) is 4.98 Å². The molecule has 7 heteroatoms. The zero-order valence-electron chi connectivity index (χ0n) is 16.8. The number of hydrogen-bond donors (Lipinski definition) is 0. The van der Waals surface area contributed by atoms with Crippen molar-refractivity contribution < 1.29 is 19.0 Å². The molecule has 1 saturated heterocycles. The van der Waals surface area contributed by atoms with Crippen LogP contribution in [-0.4, -0.2) is 44.4 Å². The summed E-state index contributed by atoms with van der Waals surface area (Å²) in [7, 11) is 3.10. The van der Waals surface area contributed by atoms with Crippen LogP contribution in [0.25, 0.3) is 10.2 Å². The van der Waals surface area contributed by atoms with E-state index >= 15 is 0 Å². The van der Waals surface area contributed by atoms with Crippen molar-refractivity contribution in [3.8, 4) is 11.5 Å². The highest BCUT2D eigenvalue weighted by molar-refractivity contribution is 7.22. The Morgan fingerprint density at radius 3 is 2.76 bits per heavy atom. The SMILES string of the molecule is COc1cccc(C(=O)N(CC2CCCO2)c2nc3c(C)cccc3s2)c1OC. The smallest absolute Gasteiger partial charge is 0.264 e. The lowest BCUT2D eigenvalue weighted by Gasteiger charge is -2.24. The van der Waals surface area contributed by atoms with Crippen molar-refractivity contribution in [3.63, 3.8) is 0 Å². The van der Waals surface area contributed by atoms with E-state index in [1.54, 1.807) is 37.3 Å². The van der Waals surface area contributed by atoms with Gasteiger partial charge < -0.3 is 14.2 Å². The van der Waals surface area contributed by atoms with E-state index in [4.69, 9.17) is 19.2 Å². The Balaban J connectivity index is 1.77. The van der Waals surface area contributed by atoms with Crippen molar-refractivity contribution in [2.45, 2.75) is 25.9 Å². The number of anilines is 1. The lowest BCUT2D eigenvalue weighted by molar-refractivity contribution is 0.0914. The normalized spacial score (nSPS) is 16.2. The number of methoxy groups -OCH3 is 2. The molecule has 3 aromatic rings. The number of ether oxygens (including phenoxy) is 3. The van der Waals surface area contributed by atoms with Crippen LogP contribution >= 0.6 is 11.3 Å². The first kappa shape index (κ1) is 19.7. The molecule has 1 fully saturated rings. The van der Waals surface area contributed by atoms with Gasteiger partial charge in [0.1, 0.15) is 0 Å². The molecule has 0 radical (unpaired) electrons. The molecule has 0 spiro atoms. The monoisotopic (exact) mass is 412 g/mol. The minimum absolute atomic E-state index is 0.00339. The van der Waals surface area contributed by atoms with E-state index in [2.05, 4.69) is 0 Å². The zero-order valence-corrected chi connectivity index (χ0v) is 17.6. The van der Waals surface area contributed by atoms with Gasteiger partial charge in [-0.15, -0.1) is 0 Å². The lowest BCUT2D eigenvalue weighted by Crippen LogP contribution is -2.37. The number of benzene rings is 2. The van der Waals surface area contributed by atoms with E-state index in [-0.39, 0.29) is 12.0 Å². The maximum absolute atomic E-state index is 13.6. The van der Waals surface area contributed by atoms with Gasteiger partial charge in [0.2, 0.25) is 0 Å². The van der Waals surface area contributed by atoms with E-state index in [1.807, 2.05) is 25.1 Å². The van der Waals surface area contributed by atoms with E-state index < -0.39 is 0 Å². The number of carbonyl (C=O) groups excluding carboxylic acids is 1. The topological polar surface area (TPSA) is 60.9 Å². The Bertz CT molecular complexity index is 1030. The maximum Gasteiger partial charge on any atom is 0.264 e. The van der Waals surface area contributed by atoms with E-state index in [0.29, 0.717) is 28.7 Å². The quantitative estimate of drug-likeness (QED) is 0.599. The highest BCUT2D eigenvalue weighted by Gasteiger charge is 2.29. The summed E-state index contributed by atoms with van der Waals surface area (Å²) in [5.74, 6) is 0.776. The Labute approximate surface area is 174 Å². The molecule has 0 aliphatic carbocycles. The van der Waals surface area contributed by atoms with Gasteiger partial charge in [-0.3, -0.25) is 9.69 Å². The van der Waals surface area contributed by atoms with Gasteiger partial charge in [0, 0.05) is 6.61 Å². The van der Waals surface area contributed by atoms with Gasteiger partial charge in [-0.2, -0.15) is 0 Å². The van der Waals surface area contributed by atoms with E-state index in [9.17, 15) is 4.79 Å². The summed E-state index contributed by atoms with van der Waals surface area (Å²) in [4.78, 5) is 20.2. The van der Waals surface area contributed by atoms with Crippen molar-refractivity contribution in [2.75, 3.05) is 32.3 Å². The molecule has 0 bridgehead atoms. The van der Waals surface area contributed by atoms with Gasteiger partial charge in [0.25, 0.3) is 5.91 Å². The summed E-state index contributed by atoms with van der Waals surface area (Å²) in [5.41, 5.74) is 2.46. The molecule has 0 saturated carbocycles. The van der Waals surface area contributed by atoms with Crippen molar-refractivity contribution >= 4 is 32.6 Å². The van der Waals surface area contributed by atoms with Crippen molar-refractivity contribution in [3.05, 3.63) is 47.5 Å². The Hall–Kier alpha value is -2.64. The van der Waals surface area contributed by atoms with E-state index in [0.717, 1.165) is 35.2 Å². The van der Waals surface area contributed by atoms with Crippen LogP contribution < -0.4 is 14.4 Å². The molecule has 4 rings (SSSR count). The summed E-state index contributed by atoms with van der Waals surface area (Å²) < 4.78 is 17.8. The first-order valence-corrected chi connectivity index (χ1v) is 10.4. The second kappa shape index (κ2) is 8.39. The molecule has 29 heavy (non-hydrogen) atoms. The largest absolute Gasteiger partial charge is 0.493 e. The predicted octanol–water partition coefficient (Wildman–Crippen LogP) is 4.45. The molecule has 1 amide bonds. The average Bonchev–Trinajstić information content (AvgIpc) is 3.41. The van der Waals surface area contributed by atoms with Crippen LogP contribution in [0.3, 0.4) is 0 Å². The second-order valence-corrected chi connectivity index (χ2v) is 8.02. The number of hydrogen-bond acceptors (Lipinski definition) is 6. The molecule has 0 N–H and O–H groups in total. The molecular weight excluding hydrogens is 388 g/mol. The fraction of sp³-hybridized carbons (Fsp3) is 0.364. The number of para-hydroxylation sites is 2. The third-order valence-corrected chi connectivity index (χ3v) is 6.17. The van der Waals surface area contributed by atoms with Gasteiger partial charge in [0.05, 0.1) is 42.6 Å². The van der Waals surface area contributed by atoms with Gasteiger partial charge in [0.15, 0.2) is 16.6 Å². The van der Waals surface area contributed by atoms with Crippen LogP contribution in [0.15, 0.2) is 36.4 Å². The van der Waals surface area contributed by atoms with Gasteiger partial charge in [-0.1, -0.05) is 29.5 Å². The summed E-state index contributed by atoms with van der Waals surface area (Å²) in [6.07, 6.45) is 1.94. The van der Waals surface area contributed by atoms with Crippen LogP contribution in [-0.2, 0) is 4.74 Å². The van der Waals surface area contributed by atoms with Crippen molar-refractivity contribution in [1.29, 1.82) is 0 Å². The number of aromatic nitrogens is 1. The molecule has 6 nitrogen and oxygen atoms in total. The van der Waals surface area contributed by atoms with Crippen molar-refractivity contribution in [2.24, 2.45) is 0 Å². The molecule has 1 aliphatic heterocycles. The summed E-state index contributed by atoms with van der Waals surface area (Å²) in [6, 6.07) is 11.4. The Morgan fingerprint density at radius 1 is 1.24 bits per heavy atom. The number of rotatable bonds is 6. The molecule has 1 unspecified atom stereocenters. The van der Waals surface area contributed by atoms with Crippen LogP contribution in [0.5, 0.6) is 11.5 Å². The number of amides is 1. The fourth-order valence-electron chi connectivity index (χ4n) is 3.63. The number of nitrogens with zero attached hydrogens (tertiary/aromatic N) is 2. The summed E-state index contributed by atoms with van der Waals surface area (Å²) >= 11 is 1.52. The van der Waals surface area contributed by atoms with Crippen LogP contribution in [0, 0.1) is 6.92 Å². The average molecular weight is 413 g/mol. The summed E-state index contributed by atoms with van der Waals surface area (Å²) in [6.45, 7) is 3.22. The fourth-order valence-corrected chi connectivity index (χ4v) is 4.68. The zero-order chi connectivity index (χ0) is 20.4. The second-order valence-electron chi connectivity index (χ2n) is 7.01. The third kappa shape index (κ3) is 3.80. The first-order valence-electron chi connectivity index (χ1n) is 9.63. The molecule has 1 atom stereocenters. The first-order chi connectivity index (χ1) is 14.1. The van der Waals surface area contributed by atoms with Crippen LogP contribution in [0.2, 0.25) is 0 Å². The predicted molar refractivity (Wildman–Crippen MR) is 115 cm³/mol. The molecule has 1 aliphatic rings. The molecule has 1 aromatic heterocycles. The molecule has 2 heterocycles. The maximum atomic E-state index is 13.6. The third-order valence-electron chi connectivity index (χ3n) is 5.13. The standard InChI is InChI=1S/C22H24N2O4S/c1-14-7-4-11-18-19(14)23-22(29-18)24(13-15-8-6-12-28-15)21(25)16-9-5-10-17(26-2)20(16)27-3/h4-5,7,9-11,15H,6,8,12-13H2,1-3H3. The highest BCUT2D eigenvalue weighted by atomic mass is 32.1. The molecule has 2 aromatic carbocycles. The van der Waals surface area contributed by atoms with Gasteiger partial charge >= 0.3 is 0 Å². The van der Waals surface area contributed by atoms with Gasteiger partial charge in [-0.25, -0.2) is 4.98 Å². The molecule has 152 valence electrons. The number of carbonyl (C=O) groups is 1.